The minimum Gasteiger partial charge on any atom is -0.207 e. The number of para-hydroxylation sites is 4. The monoisotopic (exact) mass is 612 g/mol. The predicted octanol–water partition coefficient (Wildman–Crippen LogP) is 13.4. The molecule has 0 aliphatic carbocycles. The van der Waals surface area contributed by atoms with E-state index in [0.717, 1.165) is 43.9 Å². The molecule has 0 spiro atoms. The minimum absolute atomic E-state index is 0.866. The van der Waals surface area contributed by atoms with Gasteiger partial charge in [0, 0.05) is 35.4 Å². The highest BCUT2D eigenvalue weighted by Gasteiger charge is 2.27. The summed E-state index contributed by atoms with van der Waals surface area (Å²) in [6, 6.07) is 60.3. The van der Waals surface area contributed by atoms with Crippen LogP contribution in [0.2, 0.25) is 0 Å². The van der Waals surface area contributed by atoms with Crippen LogP contribution in [0.3, 0.4) is 0 Å². The van der Waals surface area contributed by atoms with E-state index in [0.29, 0.717) is 0 Å². The molecule has 222 valence electrons. The van der Waals surface area contributed by atoms with Gasteiger partial charge in [0.05, 0.1) is 21.5 Å². The summed E-state index contributed by atoms with van der Waals surface area (Å²) in [5.74, 6) is 0. The Kier molecular flexibility index (Phi) is 5.91. The van der Waals surface area contributed by atoms with Crippen molar-refractivity contribution in [3.8, 4) is 33.4 Å². The van der Waals surface area contributed by atoms with Gasteiger partial charge in [0.15, 0.2) is 0 Å². The molecule has 0 aliphatic rings. The third-order valence-corrected chi connectivity index (χ3v) is 9.71. The van der Waals surface area contributed by atoms with Crippen molar-refractivity contribution in [1.82, 2.24) is 0 Å². The molecular weight excluding hydrogens is 585 g/mol. The van der Waals surface area contributed by atoms with Crippen LogP contribution in [0, 0.1) is 0 Å². The second kappa shape index (κ2) is 10.6. The van der Waals surface area contributed by atoms with Gasteiger partial charge in [-0.05, 0) is 68.1 Å². The Morgan fingerprint density at radius 1 is 0.229 bits per heavy atom. The van der Waals surface area contributed by atoms with Crippen molar-refractivity contribution in [3.05, 3.63) is 170 Å². The Hall–Kier alpha value is -6.38. The van der Waals surface area contributed by atoms with Crippen molar-refractivity contribution in [1.29, 1.82) is 0 Å². The molecule has 2 nitrogen and oxygen atoms in total. The normalized spacial score (nSPS) is 11.8. The fourth-order valence-corrected chi connectivity index (χ4v) is 7.65. The Morgan fingerprint density at radius 2 is 0.521 bits per heavy atom. The highest BCUT2D eigenvalue weighted by molar-refractivity contribution is 6.22. The first-order chi connectivity index (χ1) is 23.8. The van der Waals surface area contributed by atoms with E-state index in [4.69, 9.17) is 8.83 Å². The predicted molar refractivity (Wildman–Crippen MR) is 201 cm³/mol. The summed E-state index contributed by atoms with van der Waals surface area (Å²) in [6.45, 7) is 0. The molecular formula is C46H28O2+2. The van der Waals surface area contributed by atoms with E-state index >= 15 is 0 Å². The largest absolute Gasteiger partial charge is 0.361 e. The van der Waals surface area contributed by atoms with Crippen LogP contribution >= 0.6 is 0 Å². The first-order valence-corrected chi connectivity index (χ1v) is 16.4. The van der Waals surface area contributed by atoms with Gasteiger partial charge in [0.1, 0.15) is 0 Å². The van der Waals surface area contributed by atoms with E-state index in [1.54, 1.807) is 0 Å². The van der Waals surface area contributed by atoms with Crippen LogP contribution in [0.1, 0.15) is 0 Å². The van der Waals surface area contributed by atoms with Crippen molar-refractivity contribution < 1.29 is 8.83 Å². The molecule has 10 rings (SSSR count). The number of rotatable bonds is 3. The minimum atomic E-state index is 0.866. The molecule has 0 saturated carbocycles. The molecule has 0 N–H and O–H groups in total. The zero-order chi connectivity index (χ0) is 31.6. The molecule has 2 aromatic heterocycles. The zero-order valence-corrected chi connectivity index (χ0v) is 26.0. The van der Waals surface area contributed by atoms with E-state index in [1.165, 1.54) is 54.9 Å². The van der Waals surface area contributed by atoms with E-state index in [2.05, 4.69) is 146 Å². The van der Waals surface area contributed by atoms with Gasteiger partial charge in [0.2, 0.25) is 0 Å². The van der Waals surface area contributed by atoms with E-state index in [9.17, 15) is 0 Å². The first-order valence-electron chi connectivity index (χ1n) is 16.4. The van der Waals surface area contributed by atoms with Crippen LogP contribution in [0.25, 0.3) is 98.8 Å². The molecule has 0 bridgehead atoms. The topological polar surface area (TPSA) is 22.6 Å². The SMILES string of the molecule is c1ccc2c(-c3c(-c4c5ccccc5[o+]c5ccccc45)ccc4ccccc34)c(-c3c4ccccc4[o+]c4ccccc34)ccc2c1. The Bertz CT molecular complexity index is 2590. The van der Waals surface area contributed by atoms with Crippen LogP contribution in [0.15, 0.2) is 179 Å². The zero-order valence-electron chi connectivity index (χ0n) is 26.0. The Balaban J connectivity index is 1.46. The highest BCUT2D eigenvalue weighted by Crippen LogP contribution is 2.50. The van der Waals surface area contributed by atoms with Crippen LogP contribution in [-0.4, -0.2) is 0 Å². The Morgan fingerprint density at radius 3 is 0.875 bits per heavy atom. The lowest BCUT2D eigenvalue weighted by Crippen LogP contribution is -1.96. The molecule has 10 aromatic rings. The van der Waals surface area contributed by atoms with Gasteiger partial charge in [-0.1, -0.05) is 121 Å². The summed E-state index contributed by atoms with van der Waals surface area (Å²) in [5, 5.41) is 9.15. The molecule has 0 radical (unpaired) electrons. The highest BCUT2D eigenvalue weighted by atomic mass is 16.3. The van der Waals surface area contributed by atoms with Crippen LogP contribution in [-0.2, 0) is 0 Å². The maximum atomic E-state index is 6.49. The van der Waals surface area contributed by atoms with E-state index in [-0.39, 0.29) is 0 Å². The smallest absolute Gasteiger partial charge is 0.207 e. The van der Waals surface area contributed by atoms with Crippen LogP contribution < -0.4 is 0 Å². The van der Waals surface area contributed by atoms with Crippen LogP contribution in [0.5, 0.6) is 0 Å². The first kappa shape index (κ1) is 26.8. The molecule has 0 atom stereocenters. The lowest BCUT2D eigenvalue weighted by molar-refractivity contribution is 0.660. The average molecular weight is 613 g/mol. The maximum absolute atomic E-state index is 6.49. The fraction of sp³-hybridized carbons (Fsp3) is 0. The second-order valence-electron chi connectivity index (χ2n) is 12.4. The lowest BCUT2D eigenvalue weighted by atomic mass is 9.81. The molecule has 8 aromatic carbocycles. The molecule has 2 heteroatoms. The summed E-state index contributed by atoms with van der Waals surface area (Å²) >= 11 is 0. The van der Waals surface area contributed by atoms with Gasteiger partial charge in [-0.15, -0.1) is 0 Å². The second-order valence-corrected chi connectivity index (χ2v) is 12.4. The maximum Gasteiger partial charge on any atom is 0.361 e. The molecule has 0 unspecified atom stereocenters. The van der Waals surface area contributed by atoms with Gasteiger partial charge in [-0.3, -0.25) is 0 Å². The number of benzene rings is 8. The van der Waals surface area contributed by atoms with Crippen molar-refractivity contribution >= 4 is 65.4 Å². The number of hydrogen-bond donors (Lipinski definition) is 0. The lowest BCUT2D eigenvalue weighted by Gasteiger charge is -2.21. The van der Waals surface area contributed by atoms with Gasteiger partial charge in [0.25, 0.3) is 0 Å². The van der Waals surface area contributed by atoms with Gasteiger partial charge in [-0.2, -0.15) is 0 Å². The quantitative estimate of drug-likeness (QED) is 0.146. The van der Waals surface area contributed by atoms with Gasteiger partial charge >= 0.3 is 22.3 Å². The standard InChI is InChI=1S/C46H28O2/c1-3-15-31-29(13-1)25-27-37(43-33-17-5-9-21-39(33)47-40-22-10-6-18-34(40)43)45(31)46-32-16-4-2-14-30(32)26-28-38(46)44-35-19-7-11-23-41(35)48-42-24-12-8-20-36(42)44/h1-28H/q+2. The van der Waals surface area contributed by atoms with Crippen molar-refractivity contribution in [2.45, 2.75) is 0 Å². The summed E-state index contributed by atoms with van der Waals surface area (Å²) in [6.07, 6.45) is 0. The summed E-state index contributed by atoms with van der Waals surface area (Å²) in [7, 11) is 0. The van der Waals surface area contributed by atoms with Crippen molar-refractivity contribution in [3.63, 3.8) is 0 Å². The number of fused-ring (bicyclic) bond motifs is 6. The number of hydrogen-bond acceptors (Lipinski definition) is 0. The van der Waals surface area contributed by atoms with E-state index in [1.807, 2.05) is 24.3 Å². The summed E-state index contributed by atoms with van der Waals surface area (Å²) in [4.78, 5) is 0. The third-order valence-electron chi connectivity index (χ3n) is 9.71. The van der Waals surface area contributed by atoms with Gasteiger partial charge in [-0.25, -0.2) is 8.83 Å². The average Bonchev–Trinajstić information content (AvgIpc) is 3.15. The van der Waals surface area contributed by atoms with Crippen LogP contribution in [0.4, 0.5) is 0 Å². The van der Waals surface area contributed by atoms with Crippen molar-refractivity contribution in [2.75, 3.05) is 0 Å². The van der Waals surface area contributed by atoms with Crippen molar-refractivity contribution in [2.24, 2.45) is 0 Å². The summed E-state index contributed by atoms with van der Waals surface area (Å²) in [5.41, 5.74) is 10.6. The molecule has 0 amide bonds. The molecule has 0 saturated heterocycles. The fourth-order valence-electron chi connectivity index (χ4n) is 7.65. The van der Waals surface area contributed by atoms with Gasteiger partial charge < -0.3 is 0 Å². The molecule has 0 aliphatic heterocycles. The molecule has 0 fully saturated rings. The summed E-state index contributed by atoms with van der Waals surface area (Å²) < 4.78 is 13.0. The van der Waals surface area contributed by atoms with E-state index < -0.39 is 0 Å². The molecule has 48 heavy (non-hydrogen) atoms. The Labute approximate surface area is 276 Å². The third kappa shape index (κ3) is 4.00. The molecule has 2 heterocycles.